The highest BCUT2D eigenvalue weighted by molar-refractivity contribution is 5.71. The van der Waals surface area contributed by atoms with Crippen molar-refractivity contribution < 1.29 is 4.79 Å². The molecule has 90 valence electrons. The zero-order valence-corrected chi connectivity index (χ0v) is 9.57. The summed E-state index contributed by atoms with van der Waals surface area (Å²) in [7, 11) is 0. The second kappa shape index (κ2) is 6.84. The summed E-state index contributed by atoms with van der Waals surface area (Å²) >= 11 is 0. The maximum absolute atomic E-state index is 10.4. The fourth-order valence-corrected chi connectivity index (χ4v) is 1.43. The number of urea groups is 1. The third-order valence-corrected chi connectivity index (χ3v) is 2.15. The number of carbonyl (C=O) groups excluding carboxylic acids is 1. The van der Waals surface area contributed by atoms with Gasteiger partial charge < -0.3 is 20.9 Å². The van der Waals surface area contributed by atoms with Gasteiger partial charge in [-0.05, 0) is 6.42 Å². The molecule has 6 nitrogen and oxygen atoms in total. The number of rotatable bonds is 7. The van der Waals surface area contributed by atoms with Crippen LogP contribution in [0.5, 0.6) is 0 Å². The monoisotopic (exact) mass is 225 g/mol. The van der Waals surface area contributed by atoms with E-state index in [1.165, 1.54) is 0 Å². The van der Waals surface area contributed by atoms with Crippen LogP contribution in [0.3, 0.4) is 0 Å². The minimum absolute atomic E-state index is 0.491. The van der Waals surface area contributed by atoms with E-state index in [2.05, 4.69) is 27.1 Å². The molecule has 0 bridgehead atoms. The first kappa shape index (κ1) is 12.5. The lowest BCUT2D eigenvalue weighted by Gasteiger charge is -2.07. The van der Waals surface area contributed by atoms with E-state index in [1.54, 1.807) is 6.20 Å². The summed E-state index contributed by atoms with van der Waals surface area (Å²) in [6.07, 6.45) is 4.86. The predicted molar refractivity (Wildman–Crippen MR) is 61.8 cm³/mol. The molecule has 1 aromatic heterocycles. The Morgan fingerprint density at radius 1 is 1.56 bits per heavy atom. The molecule has 0 aliphatic rings. The molecule has 0 aliphatic carbocycles. The molecule has 0 fully saturated rings. The number of aryl methyl sites for hydroxylation is 1. The van der Waals surface area contributed by atoms with Crippen LogP contribution in [0.1, 0.15) is 19.2 Å². The van der Waals surface area contributed by atoms with Crippen LogP contribution in [0.25, 0.3) is 0 Å². The van der Waals surface area contributed by atoms with E-state index in [0.717, 1.165) is 18.8 Å². The van der Waals surface area contributed by atoms with E-state index in [-0.39, 0.29) is 0 Å². The number of carbonyl (C=O) groups is 1. The van der Waals surface area contributed by atoms with E-state index < -0.39 is 6.03 Å². The Balaban J connectivity index is 2.21. The van der Waals surface area contributed by atoms with Crippen molar-refractivity contribution in [3.63, 3.8) is 0 Å². The second-order valence-electron chi connectivity index (χ2n) is 3.50. The standard InChI is InChI=1S/C10H19N5O/c1-2-6-15-7-5-13-9(15)8-12-3-4-14-10(11)16/h5,7,12H,2-4,6,8H2,1H3,(H3,11,14,16). The molecule has 0 unspecified atom stereocenters. The van der Waals surface area contributed by atoms with Crippen molar-refractivity contribution in [2.24, 2.45) is 5.73 Å². The smallest absolute Gasteiger partial charge is 0.312 e. The highest BCUT2D eigenvalue weighted by Gasteiger charge is 2.00. The van der Waals surface area contributed by atoms with Gasteiger partial charge in [-0.25, -0.2) is 9.78 Å². The van der Waals surface area contributed by atoms with Gasteiger partial charge in [0.2, 0.25) is 0 Å². The SMILES string of the molecule is CCCn1ccnc1CNCCNC(N)=O. The molecule has 1 rings (SSSR count). The van der Waals surface area contributed by atoms with Crippen LogP contribution in [0.2, 0.25) is 0 Å². The lowest BCUT2D eigenvalue weighted by Crippen LogP contribution is -2.35. The average molecular weight is 225 g/mol. The zero-order valence-electron chi connectivity index (χ0n) is 9.57. The number of hydrogen-bond donors (Lipinski definition) is 3. The summed E-state index contributed by atoms with van der Waals surface area (Å²) in [5.41, 5.74) is 4.94. The van der Waals surface area contributed by atoms with Gasteiger partial charge in [0.1, 0.15) is 5.82 Å². The number of nitrogens with zero attached hydrogens (tertiary/aromatic N) is 2. The first-order valence-corrected chi connectivity index (χ1v) is 5.48. The zero-order chi connectivity index (χ0) is 11.8. The number of imidazole rings is 1. The predicted octanol–water partition coefficient (Wildman–Crippen LogP) is 0.0510. The normalized spacial score (nSPS) is 10.3. The number of nitrogens with two attached hydrogens (primary N) is 1. The molecule has 0 spiro atoms. The summed E-state index contributed by atoms with van der Waals surface area (Å²) < 4.78 is 2.12. The molecule has 1 aromatic rings. The van der Waals surface area contributed by atoms with E-state index >= 15 is 0 Å². The van der Waals surface area contributed by atoms with Crippen molar-refractivity contribution in [2.45, 2.75) is 26.4 Å². The molecule has 16 heavy (non-hydrogen) atoms. The molecular weight excluding hydrogens is 206 g/mol. The van der Waals surface area contributed by atoms with Gasteiger partial charge >= 0.3 is 6.03 Å². The van der Waals surface area contributed by atoms with Gasteiger partial charge in [-0.1, -0.05) is 6.92 Å². The van der Waals surface area contributed by atoms with Gasteiger partial charge in [0.15, 0.2) is 0 Å². The van der Waals surface area contributed by atoms with Crippen molar-refractivity contribution in [2.75, 3.05) is 13.1 Å². The van der Waals surface area contributed by atoms with Crippen molar-refractivity contribution in [1.82, 2.24) is 20.2 Å². The third kappa shape index (κ3) is 4.31. The lowest BCUT2D eigenvalue weighted by molar-refractivity contribution is 0.249. The van der Waals surface area contributed by atoms with Gasteiger partial charge in [-0.3, -0.25) is 0 Å². The summed E-state index contributed by atoms with van der Waals surface area (Å²) in [5, 5.41) is 5.70. The van der Waals surface area contributed by atoms with Crippen LogP contribution < -0.4 is 16.4 Å². The van der Waals surface area contributed by atoms with Crippen LogP contribution in [-0.4, -0.2) is 28.7 Å². The Hall–Kier alpha value is -1.56. The van der Waals surface area contributed by atoms with Crippen LogP contribution in [0.15, 0.2) is 12.4 Å². The fourth-order valence-electron chi connectivity index (χ4n) is 1.43. The Morgan fingerprint density at radius 3 is 3.06 bits per heavy atom. The average Bonchev–Trinajstić information content (AvgIpc) is 2.65. The largest absolute Gasteiger partial charge is 0.352 e. The molecule has 0 aliphatic heterocycles. The fraction of sp³-hybridized carbons (Fsp3) is 0.600. The van der Waals surface area contributed by atoms with Gasteiger partial charge in [-0.15, -0.1) is 0 Å². The van der Waals surface area contributed by atoms with Crippen LogP contribution in [0.4, 0.5) is 4.79 Å². The highest BCUT2D eigenvalue weighted by atomic mass is 16.2. The van der Waals surface area contributed by atoms with Gasteiger partial charge in [0.25, 0.3) is 0 Å². The summed E-state index contributed by atoms with van der Waals surface area (Å²) in [6, 6.07) is -0.491. The molecule has 0 saturated heterocycles. The second-order valence-corrected chi connectivity index (χ2v) is 3.50. The van der Waals surface area contributed by atoms with Crippen molar-refractivity contribution >= 4 is 6.03 Å². The van der Waals surface area contributed by atoms with Crippen molar-refractivity contribution in [3.8, 4) is 0 Å². The first-order chi connectivity index (χ1) is 7.74. The first-order valence-electron chi connectivity index (χ1n) is 5.48. The number of aromatic nitrogens is 2. The molecule has 1 heterocycles. The maximum Gasteiger partial charge on any atom is 0.312 e. The van der Waals surface area contributed by atoms with Gasteiger partial charge in [0.05, 0.1) is 6.54 Å². The topological polar surface area (TPSA) is 85.0 Å². The van der Waals surface area contributed by atoms with E-state index in [9.17, 15) is 4.79 Å². The minimum atomic E-state index is -0.491. The molecular formula is C10H19N5O. The maximum atomic E-state index is 10.4. The summed E-state index contributed by atoms with van der Waals surface area (Å²) in [5.74, 6) is 1.01. The number of hydrogen-bond acceptors (Lipinski definition) is 3. The molecule has 6 heteroatoms. The highest BCUT2D eigenvalue weighted by Crippen LogP contribution is 1.98. The Labute approximate surface area is 95.2 Å². The number of primary amides is 1. The molecule has 2 amide bonds. The van der Waals surface area contributed by atoms with E-state index in [4.69, 9.17) is 5.73 Å². The van der Waals surface area contributed by atoms with E-state index in [0.29, 0.717) is 19.6 Å². The summed E-state index contributed by atoms with van der Waals surface area (Å²) in [4.78, 5) is 14.7. The van der Waals surface area contributed by atoms with Crippen molar-refractivity contribution in [3.05, 3.63) is 18.2 Å². The Morgan fingerprint density at radius 2 is 2.38 bits per heavy atom. The molecule has 0 atom stereocenters. The van der Waals surface area contributed by atoms with E-state index in [1.807, 2.05) is 6.20 Å². The molecule has 0 radical (unpaired) electrons. The number of nitrogens with one attached hydrogen (secondary N) is 2. The van der Waals surface area contributed by atoms with Crippen LogP contribution >= 0.6 is 0 Å². The molecule has 0 saturated carbocycles. The molecule has 4 N–H and O–H groups in total. The lowest BCUT2D eigenvalue weighted by atomic mass is 10.4. The quantitative estimate of drug-likeness (QED) is 0.573. The van der Waals surface area contributed by atoms with Gasteiger partial charge in [0, 0.05) is 32.0 Å². The van der Waals surface area contributed by atoms with Crippen molar-refractivity contribution in [1.29, 1.82) is 0 Å². The summed E-state index contributed by atoms with van der Waals surface area (Å²) in [6.45, 7) is 5.03. The Kier molecular flexibility index (Phi) is 5.35. The number of amides is 2. The minimum Gasteiger partial charge on any atom is -0.352 e. The Bertz CT molecular complexity index is 323. The van der Waals surface area contributed by atoms with Crippen LogP contribution in [0, 0.1) is 0 Å². The van der Waals surface area contributed by atoms with Gasteiger partial charge in [-0.2, -0.15) is 0 Å². The molecule has 0 aromatic carbocycles. The third-order valence-electron chi connectivity index (χ3n) is 2.15. The van der Waals surface area contributed by atoms with Crippen LogP contribution in [-0.2, 0) is 13.1 Å².